The molecule has 0 radical (unpaired) electrons. The fourth-order valence-electron chi connectivity index (χ4n) is 2.56. The van der Waals surface area contributed by atoms with E-state index in [1.54, 1.807) is 0 Å². The van der Waals surface area contributed by atoms with Gasteiger partial charge in [-0.2, -0.15) is 0 Å². The molecule has 0 aromatic carbocycles. The van der Waals surface area contributed by atoms with E-state index in [-0.39, 0.29) is 29.2 Å². The average molecular weight is 355 g/mol. The first-order valence-corrected chi connectivity index (χ1v) is 9.53. The second kappa shape index (κ2) is 7.69. The lowest BCUT2D eigenvalue weighted by Gasteiger charge is -2.29. The highest BCUT2D eigenvalue weighted by Gasteiger charge is 2.35. The maximum atomic E-state index is 12.4. The summed E-state index contributed by atoms with van der Waals surface area (Å²) in [4.78, 5) is 33.3. The molecule has 132 valence electrons. The summed E-state index contributed by atoms with van der Waals surface area (Å²) in [6, 6.07) is -0.361. The van der Waals surface area contributed by atoms with Gasteiger partial charge in [0, 0.05) is 25.0 Å². The van der Waals surface area contributed by atoms with Crippen LogP contribution in [0.1, 0.15) is 30.8 Å². The number of rotatable bonds is 6. The molecule has 1 aromatic rings. The van der Waals surface area contributed by atoms with Gasteiger partial charge in [-0.25, -0.2) is 18.2 Å². The zero-order valence-corrected chi connectivity index (χ0v) is 14.5. The van der Waals surface area contributed by atoms with Gasteiger partial charge in [-0.1, -0.05) is 13.8 Å². The molecule has 1 atom stereocenters. The lowest BCUT2D eigenvalue weighted by atomic mass is 10.1. The fourth-order valence-corrected chi connectivity index (χ4v) is 4.29. The predicted molar refractivity (Wildman–Crippen MR) is 85.9 cm³/mol. The molecule has 0 unspecified atom stereocenters. The molecule has 2 heterocycles. The molecule has 2 rings (SSSR count). The van der Waals surface area contributed by atoms with E-state index in [0.29, 0.717) is 13.0 Å². The number of carbonyl (C=O) groups excluding carboxylic acids is 2. The molecule has 0 aliphatic carbocycles. The summed E-state index contributed by atoms with van der Waals surface area (Å²) in [7, 11) is -3.10. The number of sulfone groups is 1. The summed E-state index contributed by atoms with van der Waals surface area (Å²) < 4.78 is 28.3. The molecule has 8 nitrogen and oxygen atoms in total. The maximum absolute atomic E-state index is 12.4. The van der Waals surface area contributed by atoms with E-state index in [1.807, 2.05) is 13.8 Å². The monoisotopic (exact) mass is 355 g/mol. The molecule has 0 saturated carbocycles. The summed E-state index contributed by atoms with van der Waals surface area (Å²) in [6.07, 6.45) is 4.45. The fraction of sp³-hybridized carbons (Fsp3) is 0.600. The van der Waals surface area contributed by atoms with Gasteiger partial charge in [-0.15, -0.1) is 0 Å². The molecule has 1 aliphatic rings. The van der Waals surface area contributed by atoms with Crippen molar-refractivity contribution in [1.82, 2.24) is 14.9 Å². The van der Waals surface area contributed by atoms with Crippen LogP contribution in [0.4, 0.5) is 0 Å². The molecule has 1 fully saturated rings. The van der Waals surface area contributed by atoms with Crippen molar-refractivity contribution in [3.05, 3.63) is 24.3 Å². The predicted octanol–water partition coefficient (Wildman–Crippen LogP) is 0.305. The molecule has 24 heavy (non-hydrogen) atoms. The smallest absolute Gasteiger partial charge is 0.359 e. The van der Waals surface area contributed by atoms with Crippen LogP contribution >= 0.6 is 0 Å². The number of esters is 1. The Kier molecular flexibility index (Phi) is 5.87. The van der Waals surface area contributed by atoms with Crippen molar-refractivity contribution in [3.8, 4) is 0 Å². The Morgan fingerprint density at radius 1 is 1.38 bits per heavy atom. The topological polar surface area (TPSA) is 107 Å². The van der Waals surface area contributed by atoms with E-state index >= 15 is 0 Å². The highest BCUT2D eigenvalue weighted by molar-refractivity contribution is 7.91. The van der Waals surface area contributed by atoms with Crippen molar-refractivity contribution < 1.29 is 22.7 Å². The number of carbonyl (C=O) groups is 2. The lowest BCUT2D eigenvalue weighted by molar-refractivity contribution is -0.137. The van der Waals surface area contributed by atoms with Gasteiger partial charge in [0.15, 0.2) is 22.1 Å². The van der Waals surface area contributed by atoms with Crippen LogP contribution in [-0.4, -0.2) is 65.9 Å². The van der Waals surface area contributed by atoms with Crippen LogP contribution in [0.2, 0.25) is 0 Å². The highest BCUT2D eigenvalue weighted by atomic mass is 32.2. The number of ether oxygens (including phenoxy) is 1. The molecule has 1 aliphatic heterocycles. The van der Waals surface area contributed by atoms with Crippen molar-refractivity contribution in [2.75, 3.05) is 24.7 Å². The molecule has 1 aromatic heterocycles. The summed E-state index contributed by atoms with van der Waals surface area (Å²) >= 11 is 0. The van der Waals surface area contributed by atoms with Crippen LogP contribution in [-0.2, 0) is 19.4 Å². The van der Waals surface area contributed by atoms with E-state index in [0.717, 1.165) is 0 Å². The van der Waals surface area contributed by atoms with Crippen molar-refractivity contribution in [2.24, 2.45) is 5.92 Å². The number of amides is 1. The van der Waals surface area contributed by atoms with E-state index in [2.05, 4.69) is 9.97 Å². The van der Waals surface area contributed by atoms with E-state index in [9.17, 15) is 18.0 Å². The highest BCUT2D eigenvalue weighted by Crippen LogP contribution is 2.19. The van der Waals surface area contributed by atoms with E-state index in [1.165, 1.54) is 23.5 Å². The van der Waals surface area contributed by atoms with Gasteiger partial charge in [0.1, 0.15) is 0 Å². The Hall–Kier alpha value is -2.03. The quantitative estimate of drug-likeness (QED) is 0.676. The summed E-state index contributed by atoms with van der Waals surface area (Å²) in [5.41, 5.74) is 0.0177. The summed E-state index contributed by atoms with van der Waals surface area (Å²) in [5.74, 6) is -0.918. The average Bonchev–Trinajstić information content (AvgIpc) is 2.90. The molecule has 1 saturated heterocycles. The zero-order chi connectivity index (χ0) is 17.7. The first-order chi connectivity index (χ1) is 11.3. The molecule has 9 heteroatoms. The maximum Gasteiger partial charge on any atom is 0.359 e. The van der Waals surface area contributed by atoms with Crippen LogP contribution < -0.4 is 0 Å². The zero-order valence-electron chi connectivity index (χ0n) is 13.7. The minimum absolute atomic E-state index is 0.0177. The molecule has 1 amide bonds. The number of aromatic nitrogens is 2. The van der Waals surface area contributed by atoms with Crippen LogP contribution in [0.3, 0.4) is 0 Å². The van der Waals surface area contributed by atoms with Crippen LogP contribution in [0.25, 0.3) is 0 Å². The molecular formula is C15H21N3O5S. The van der Waals surface area contributed by atoms with E-state index < -0.39 is 28.3 Å². The standard InChI is InChI=1S/C15H21N3O5S/c1-11(2)8-18(12-3-6-24(21,22)10-12)14(19)9-23-15(20)13-7-16-4-5-17-13/h4-5,7,11-12H,3,6,8-10H2,1-2H3/t12-/m0/s1. The van der Waals surface area contributed by atoms with Gasteiger partial charge in [-0.3, -0.25) is 9.78 Å². The Balaban J connectivity index is 1.99. The summed E-state index contributed by atoms with van der Waals surface area (Å²) in [6.45, 7) is 3.85. The third-order valence-corrected chi connectivity index (χ3v) is 5.38. The molecule has 0 spiro atoms. The first kappa shape index (κ1) is 18.3. The molecule has 0 N–H and O–H groups in total. The third kappa shape index (κ3) is 4.98. The number of nitrogens with zero attached hydrogens (tertiary/aromatic N) is 3. The minimum atomic E-state index is -3.10. The number of hydrogen-bond acceptors (Lipinski definition) is 7. The van der Waals surface area contributed by atoms with Crippen LogP contribution in [0.15, 0.2) is 18.6 Å². The van der Waals surface area contributed by atoms with Crippen LogP contribution in [0, 0.1) is 5.92 Å². The van der Waals surface area contributed by atoms with Gasteiger partial charge >= 0.3 is 5.97 Å². The lowest BCUT2D eigenvalue weighted by Crippen LogP contribution is -2.45. The summed E-state index contributed by atoms with van der Waals surface area (Å²) in [5, 5.41) is 0. The second-order valence-electron chi connectivity index (χ2n) is 6.16. The Morgan fingerprint density at radius 2 is 2.12 bits per heavy atom. The number of hydrogen-bond donors (Lipinski definition) is 0. The van der Waals surface area contributed by atoms with Crippen molar-refractivity contribution >= 4 is 21.7 Å². The van der Waals surface area contributed by atoms with Crippen molar-refractivity contribution in [2.45, 2.75) is 26.3 Å². The SMILES string of the molecule is CC(C)CN(C(=O)COC(=O)c1cnccn1)[C@H]1CCS(=O)(=O)C1. The van der Waals surface area contributed by atoms with Gasteiger partial charge in [0.2, 0.25) is 0 Å². The van der Waals surface area contributed by atoms with Gasteiger partial charge in [0.05, 0.1) is 17.7 Å². The Labute approximate surface area is 141 Å². The van der Waals surface area contributed by atoms with Gasteiger partial charge in [-0.05, 0) is 12.3 Å². The van der Waals surface area contributed by atoms with Crippen molar-refractivity contribution in [1.29, 1.82) is 0 Å². The first-order valence-electron chi connectivity index (χ1n) is 7.71. The Bertz CT molecular complexity index is 690. The molecule has 0 bridgehead atoms. The van der Waals surface area contributed by atoms with Crippen LogP contribution in [0.5, 0.6) is 0 Å². The largest absolute Gasteiger partial charge is 0.451 e. The second-order valence-corrected chi connectivity index (χ2v) is 8.39. The van der Waals surface area contributed by atoms with E-state index in [4.69, 9.17) is 4.74 Å². The Morgan fingerprint density at radius 3 is 2.67 bits per heavy atom. The van der Waals surface area contributed by atoms with Crippen molar-refractivity contribution in [3.63, 3.8) is 0 Å². The third-order valence-electron chi connectivity index (χ3n) is 3.63. The normalized spacial score (nSPS) is 19.2. The van der Waals surface area contributed by atoms with Gasteiger partial charge < -0.3 is 9.64 Å². The minimum Gasteiger partial charge on any atom is -0.451 e. The van der Waals surface area contributed by atoms with Gasteiger partial charge in [0.25, 0.3) is 5.91 Å². The molecular weight excluding hydrogens is 334 g/mol.